The predicted octanol–water partition coefficient (Wildman–Crippen LogP) is 4.46. The first-order valence-corrected chi connectivity index (χ1v) is 10.1. The van der Waals surface area contributed by atoms with Crippen molar-refractivity contribution in [1.29, 1.82) is 0 Å². The average molecular weight is 395 g/mol. The van der Waals surface area contributed by atoms with Crippen LogP contribution in [0.3, 0.4) is 0 Å². The minimum atomic E-state index is 0.0291. The van der Waals surface area contributed by atoms with Gasteiger partial charge in [-0.05, 0) is 48.2 Å². The topological polar surface area (TPSA) is 50.8 Å². The Morgan fingerprint density at radius 2 is 2.00 bits per heavy atom. The summed E-state index contributed by atoms with van der Waals surface area (Å²) in [5, 5.41) is 3.49. The molecule has 3 rings (SSSR count). The molecule has 1 atom stereocenters. The van der Waals surface area contributed by atoms with E-state index in [9.17, 15) is 4.79 Å². The van der Waals surface area contributed by atoms with Gasteiger partial charge in [-0.3, -0.25) is 4.79 Å². The van der Waals surface area contributed by atoms with Crippen LogP contribution in [0.4, 0.5) is 5.69 Å². The summed E-state index contributed by atoms with van der Waals surface area (Å²) in [5.74, 6) is 1.87. The SMILES string of the molecule is COc1cc(/C=C/C(=O)N2CCC(Nc3ccccc3)C2)ccc1OCC(C)C. The number of carbonyl (C=O) groups is 1. The van der Waals surface area contributed by atoms with Gasteiger partial charge in [-0.25, -0.2) is 0 Å². The molecule has 0 spiro atoms. The van der Waals surface area contributed by atoms with E-state index in [4.69, 9.17) is 9.47 Å². The van der Waals surface area contributed by atoms with E-state index in [0.29, 0.717) is 24.8 Å². The predicted molar refractivity (Wildman–Crippen MR) is 117 cm³/mol. The van der Waals surface area contributed by atoms with Gasteiger partial charge in [-0.15, -0.1) is 0 Å². The van der Waals surface area contributed by atoms with Crippen molar-refractivity contribution in [1.82, 2.24) is 4.90 Å². The zero-order chi connectivity index (χ0) is 20.6. The van der Waals surface area contributed by atoms with Gasteiger partial charge in [0.25, 0.3) is 0 Å². The fourth-order valence-corrected chi connectivity index (χ4v) is 3.28. The van der Waals surface area contributed by atoms with Crippen LogP contribution in [-0.4, -0.2) is 43.7 Å². The van der Waals surface area contributed by atoms with Crippen molar-refractivity contribution in [2.45, 2.75) is 26.3 Å². The molecule has 5 heteroatoms. The first-order valence-electron chi connectivity index (χ1n) is 10.1. The molecule has 1 fully saturated rings. The summed E-state index contributed by atoms with van der Waals surface area (Å²) in [5.41, 5.74) is 2.00. The van der Waals surface area contributed by atoms with Crippen LogP contribution in [0.2, 0.25) is 0 Å². The van der Waals surface area contributed by atoms with E-state index in [2.05, 4.69) is 19.2 Å². The highest BCUT2D eigenvalue weighted by molar-refractivity contribution is 5.92. The summed E-state index contributed by atoms with van der Waals surface area (Å²) in [4.78, 5) is 14.5. The number of anilines is 1. The lowest BCUT2D eigenvalue weighted by Crippen LogP contribution is -2.30. The molecule has 29 heavy (non-hydrogen) atoms. The van der Waals surface area contributed by atoms with Crippen LogP contribution in [0.15, 0.2) is 54.6 Å². The summed E-state index contributed by atoms with van der Waals surface area (Å²) in [6, 6.07) is 16.1. The highest BCUT2D eigenvalue weighted by Gasteiger charge is 2.24. The molecule has 1 saturated heterocycles. The number of likely N-dealkylation sites (tertiary alicyclic amines) is 1. The number of ether oxygens (including phenoxy) is 2. The third-order valence-corrected chi connectivity index (χ3v) is 4.82. The van der Waals surface area contributed by atoms with Crippen molar-refractivity contribution >= 4 is 17.7 Å². The summed E-state index contributed by atoms with van der Waals surface area (Å²) in [6.45, 7) is 6.32. The van der Waals surface area contributed by atoms with Gasteiger partial charge in [0, 0.05) is 30.9 Å². The van der Waals surface area contributed by atoms with Crippen molar-refractivity contribution in [2.24, 2.45) is 5.92 Å². The maximum absolute atomic E-state index is 12.6. The molecule has 1 amide bonds. The van der Waals surface area contributed by atoms with Crippen LogP contribution >= 0.6 is 0 Å². The number of methoxy groups -OCH3 is 1. The fraction of sp³-hybridized carbons (Fsp3) is 0.375. The Morgan fingerprint density at radius 3 is 2.72 bits per heavy atom. The number of amides is 1. The number of hydrogen-bond donors (Lipinski definition) is 1. The van der Waals surface area contributed by atoms with Gasteiger partial charge in [-0.1, -0.05) is 38.1 Å². The van der Waals surface area contributed by atoms with Gasteiger partial charge in [0.05, 0.1) is 13.7 Å². The van der Waals surface area contributed by atoms with Gasteiger partial charge in [0.1, 0.15) is 0 Å². The van der Waals surface area contributed by atoms with Gasteiger partial charge < -0.3 is 19.7 Å². The summed E-state index contributed by atoms with van der Waals surface area (Å²) in [7, 11) is 1.63. The zero-order valence-electron chi connectivity index (χ0n) is 17.4. The Kier molecular flexibility index (Phi) is 7.17. The molecule has 2 aromatic carbocycles. The Hall–Kier alpha value is -2.95. The second-order valence-electron chi connectivity index (χ2n) is 7.73. The van der Waals surface area contributed by atoms with E-state index in [1.807, 2.05) is 59.5 Å². The fourth-order valence-electron chi connectivity index (χ4n) is 3.28. The van der Waals surface area contributed by atoms with Gasteiger partial charge in [0.15, 0.2) is 11.5 Å². The van der Waals surface area contributed by atoms with Gasteiger partial charge >= 0.3 is 0 Å². The lowest BCUT2D eigenvalue weighted by atomic mass is 10.2. The third-order valence-electron chi connectivity index (χ3n) is 4.82. The molecular formula is C24H30N2O3. The molecule has 154 valence electrons. The highest BCUT2D eigenvalue weighted by Crippen LogP contribution is 2.29. The lowest BCUT2D eigenvalue weighted by Gasteiger charge is -2.16. The van der Waals surface area contributed by atoms with E-state index >= 15 is 0 Å². The van der Waals surface area contributed by atoms with Gasteiger partial charge in [0.2, 0.25) is 5.91 Å². The highest BCUT2D eigenvalue weighted by atomic mass is 16.5. The smallest absolute Gasteiger partial charge is 0.246 e. The molecule has 0 radical (unpaired) electrons. The number of carbonyl (C=O) groups excluding carboxylic acids is 1. The van der Waals surface area contributed by atoms with Crippen LogP contribution in [0.25, 0.3) is 6.08 Å². The second kappa shape index (κ2) is 10.0. The quantitative estimate of drug-likeness (QED) is 0.672. The Balaban J connectivity index is 1.56. The Labute approximate surface area is 173 Å². The lowest BCUT2D eigenvalue weighted by molar-refractivity contribution is -0.124. The van der Waals surface area contributed by atoms with E-state index in [0.717, 1.165) is 30.0 Å². The van der Waals surface area contributed by atoms with Crippen LogP contribution < -0.4 is 14.8 Å². The van der Waals surface area contributed by atoms with E-state index < -0.39 is 0 Å². The average Bonchev–Trinajstić information content (AvgIpc) is 3.20. The van der Waals surface area contributed by atoms with Crippen molar-refractivity contribution in [3.05, 3.63) is 60.2 Å². The molecule has 0 bridgehead atoms. The zero-order valence-corrected chi connectivity index (χ0v) is 17.4. The van der Waals surface area contributed by atoms with Crippen molar-refractivity contribution in [3.63, 3.8) is 0 Å². The minimum absolute atomic E-state index is 0.0291. The van der Waals surface area contributed by atoms with Crippen molar-refractivity contribution in [2.75, 3.05) is 32.1 Å². The van der Waals surface area contributed by atoms with Crippen molar-refractivity contribution in [3.8, 4) is 11.5 Å². The van der Waals surface area contributed by atoms with Crippen LogP contribution in [0, 0.1) is 5.92 Å². The van der Waals surface area contributed by atoms with E-state index in [-0.39, 0.29) is 11.9 Å². The standard InChI is InChI=1S/C24H30N2O3/c1-18(2)17-29-22-11-9-19(15-23(22)28-3)10-12-24(27)26-14-13-21(16-26)25-20-7-5-4-6-8-20/h4-12,15,18,21,25H,13-14,16-17H2,1-3H3/b12-10+. The van der Waals surface area contributed by atoms with Crippen LogP contribution in [0.1, 0.15) is 25.8 Å². The molecule has 5 nitrogen and oxygen atoms in total. The Bertz CT molecular complexity index is 833. The first kappa shape index (κ1) is 20.8. The van der Waals surface area contributed by atoms with Crippen LogP contribution in [0.5, 0.6) is 11.5 Å². The normalized spacial score (nSPS) is 16.4. The molecule has 1 aliphatic heterocycles. The van der Waals surface area contributed by atoms with Crippen molar-refractivity contribution < 1.29 is 14.3 Å². The maximum Gasteiger partial charge on any atom is 0.246 e. The van der Waals surface area contributed by atoms with Crippen LogP contribution in [-0.2, 0) is 4.79 Å². The number of benzene rings is 2. The minimum Gasteiger partial charge on any atom is -0.493 e. The molecule has 1 aliphatic rings. The molecule has 0 saturated carbocycles. The molecule has 1 heterocycles. The molecule has 0 aliphatic carbocycles. The number of nitrogens with zero attached hydrogens (tertiary/aromatic N) is 1. The maximum atomic E-state index is 12.6. The van der Waals surface area contributed by atoms with Gasteiger partial charge in [-0.2, -0.15) is 0 Å². The molecule has 1 unspecified atom stereocenters. The molecule has 0 aromatic heterocycles. The monoisotopic (exact) mass is 394 g/mol. The second-order valence-corrected chi connectivity index (χ2v) is 7.73. The Morgan fingerprint density at radius 1 is 1.21 bits per heavy atom. The summed E-state index contributed by atoms with van der Waals surface area (Å²) < 4.78 is 11.2. The van der Waals surface area contributed by atoms with E-state index in [1.54, 1.807) is 13.2 Å². The third kappa shape index (κ3) is 6.01. The first-order chi connectivity index (χ1) is 14.0. The summed E-state index contributed by atoms with van der Waals surface area (Å²) in [6.07, 6.45) is 4.41. The molecule has 2 aromatic rings. The number of hydrogen-bond acceptors (Lipinski definition) is 4. The largest absolute Gasteiger partial charge is 0.493 e. The number of rotatable bonds is 8. The van der Waals surface area contributed by atoms with E-state index in [1.165, 1.54) is 0 Å². The summed E-state index contributed by atoms with van der Waals surface area (Å²) >= 11 is 0. The molecule has 1 N–H and O–H groups in total. The molecular weight excluding hydrogens is 364 g/mol. The number of para-hydroxylation sites is 1. The number of nitrogens with one attached hydrogen (secondary N) is 1.